The Morgan fingerprint density at radius 1 is 1.47 bits per heavy atom. The Balaban J connectivity index is 1.97. The molecule has 82 valence electrons. The van der Waals surface area contributed by atoms with Crippen LogP contribution in [0.25, 0.3) is 0 Å². The lowest BCUT2D eigenvalue weighted by molar-refractivity contribution is 0.299. The van der Waals surface area contributed by atoms with Gasteiger partial charge in [-0.05, 0) is 42.9 Å². The van der Waals surface area contributed by atoms with E-state index < -0.39 is 0 Å². The Labute approximate surface area is 91.4 Å². The van der Waals surface area contributed by atoms with Crippen LogP contribution < -0.4 is 10.5 Å². The van der Waals surface area contributed by atoms with Crippen molar-refractivity contribution in [3.8, 4) is 5.75 Å². The lowest BCUT2D eigenvalue weighted by Gasteiger charge is -2.11. The second kappa shape index (κ2) is 4.67. The first-order chi connectivity index (χ1) is 7.29. The fourth-order valence-corrected chi connectivity index (χ4v) is 1.57. The molecule has 2 heteroatoms. The highest BCUT2D eigenvalue weighted by molar-refractivity contribution is 5.30. The largest absolute Gasteiger partial charge is 0.493 e. The zero-order valence-corrected chi connectivity index (χ0v) is 9.28. The molecule has 1 fully saturated rings. The summed E-state index contributed by atoms with van der Waals surface area (Å²) in [6, 6.07) is 8.30. The summed E-state index contributed by atoms with van der Waals surface area (Å²) in [7, 11) is 0. The van der Waals surface area contributed by atoms with E-state index in [2.05, 4.69) is 19.1 Å². The van der Waals surface area contributed by atoms with Gasteiger partial charge < -0.3 is 10.5 Å². The van der Waals surface area contributed by atoms with Crippen molar-refractivity contribution < 1.29 is 4.74 Å². The molecule has 15 heavy (non-hydrogen) atoms. The molecule has 0 heterocycles. The smallest absolute Gasteiger partial charge is 0.119 e. The van der Waals surface area contributed by atoms with Gasteiger partial charge in [0.25, 0.3) is 0 Å². The summed E-state index contributed by atoms with van der Waals surface area (Å²) in [5.74, 6) is 1.76. The second-order valence-electron chi connectivity index (χ2n) is 4.34. The quantitative estimate of drug-likeness (QED) is 0.802. The molecule has 1 aliphatic rings. The lowest BCUT2D eigenvalue weighted by Crippen LogP contribution is -2.08. The summed E-state index contributed by atoms with van der Waals surface area (Å²) in [4.78, 5) is 0. The fraction of sp³-hybridized carbons (Fsp3) is 0.538. The van der Waals surface area contributed by atoms with Crippen molar-refractivity contribution in [2.45, 2.75) is 32.2 Å². The molecule has 0 aromatic heterocycles. The van der Waals surface area contributed by atoms with Crippen molar-refractivity contribution in [3.05, 3.63) is 29.8 Å². The van der Waals surface area contributed by atoms with E-state index in [0.717, 1.165) is 24.7 Å². The monoisotopic (exact) mass is 205 g/mol. The highest BCUT2D eigenvalue weighted by atomic mass is 16.5. The molecule has 0 saturated heterocycles. The van der Waals surface area contributed by atoms with Gasteiger partial charge in [-0.25, -0.2) is 0 Å². The van der Waals surface area contributed by atoms with Crippen LogP contribution in [0.3, 0.4) is 0 Å². The first-order valence-corrected chi connectivity index (χ1v) is 5.78. The summed E-state index contributed by atoms with van der Waals surface area (Å²) in [6.45, 7) is 2.97. The van der Waals surface area contributed by atoms with Gasteiger partial charge in [-0.1, -0.05) is 19.1 Å². The van der Waals surface area contributed by atoms with Gasteiger partial charge in [0.1, 0.15) is 5.75 Å². The molecule has 1 saturated carbocycles. The average molecular weight is 205 g/mol. The van der Waals surface area contributed by atoms with Crippen LogP contribution in [0.5, 0.6) is 5.75 Å². The lowest BCUT2D eigenvalue weighted by atomic mass is 10.1. The van der Waals surface area contributed by atoms with Crippen molar-refractivity contribution >= 4 is 0 Å². The van der Waals surface area contributed by atoms with E-state index in [1.165, 1.54) is 18.4 Å². The molecule has 1 aromatic carbocycles. The van der Waals surface area contributed by atoms with Crippen LogP contribution in [-0.2, 0) is 0 Å². The van der Waals surface area contributed by atoms with E-state index >= 15 is 0 Å². The number of ether oxygens (including phenoxy) is 1. The summed E-state index contributed by atoms with van der Waals surface area (Å²) in [6.07, 6.45) is 3.62. The molecule has 1 aromatic rings. The minimum Gasteiger partial charge on any atom is -0.493 e. The van der Waals surface area contributed by atoms with Crippen LogP contribution in [0.4, 0.5) is 0 Å². The fourth-order valence-electron chi connectivity index (χ4n) is 1.57. The summed E-state index contributed by atoms with van der Waals surface area (Å²) in [5, 5.41) is 0. The third kappa shape index (κ3) is 2.96. The minimum atomic E-state index is 0.134. The van der Waals surface area contributed by atoms with Gasteiger partial charge in [-0.15, -0.1) is 0 Å². The first-order valence-electron chi connectivity index (χ1n) is 5.78. The van der Waals surface area contributed by atoms with E-state index in [0.29, 0.717) is 0 Å². The molecule has 2 N–H and O–H groups in total. The van der Waals surface area contributed by atoms with Gasteiger partial charge in [0.2, 0.25) is 0 Å². The molecule has 2 nitrogen and oxygen atoms in total. The van der Waals surface area contributed by atoms with Gasteiger partial charge in [-0.2, -0.15) is 0 Å². The van der Waals surface area contributed by atoms with Gasteiger partial charge in [-0.3, -0.25) is 0 Å². The summed E-state index contributed by atoms with van der Waals surface area (Å²) < 4.78 is 5.71. The van der Waals surface area contributed by atoms with Gasteiger partial charge in [0.05, 0.1) is 6.61 Å². The first kappa shape index (κ1) is 10.5. The second-order valence-corrected chi connectivity index (χ2v) is 4.34. The topological polar surface area (TPSA) is 35.2 Å². The van der Waals surface area contributed by atoms with Crippen LogP contribution in [0.1, 0.15) is 37.8 Å². The Hall–Kier alpha value is -1.02. The molecule has 2 rings (SSSR count). The predicted octanol–water partition coefficient (Wildman–Crippen LogP) is 2.89. The van der Waals surface area contributed by atoms with E-state index in [1.54, 1.807) is 0 Å². The SMILES string of the molecule is CC[C@@H](N)c1cccc(OCC2CC2)c1. The Morgan fingerprint density at radius 2 is 2.27 bits per heavy atom. The van der Waals surface area contributed by atoms with Crippen molar-refractivity contribution in [3.63, 3.8) is 0 Å². The molecule has 0 bridgehead atoms. The zero-order chi connectivity index (χ0) is 10.7. The van der Waals surface area contributed by atoms with Crippen LogP contribution in [0.2, 0.25) is 0 Å². The molecule has 0 unspecified atom stereocenters. The number of nitrogens with two attached hydrogens (primary N) is 1. The predicted molar refractivity (Wildman–Crippen MR) is 61.9 cm³/mol. The number of benzene rings is 1. The molecule has 1 atom stereocenters. The zero-order valence-electron chi connectivity index (χ0n) is 9.28. The van der Waals surface area contributed by atoms with Gasteiger partial charge >= 0.3 is 0 Å². The highest BCUT2D eigenvalue weighted by Gasteiger charge is 2.21. The normalized spacial score (nSPS) is 17.5. The third-order valence-corrected chi connectivity index (χ3v) is 2.91. The molecule has 1 aliphatic carbocycles. The number of rotatable bonds is 5. The van der Waals surface area contributed by atoms with E-state index in [4.69, 9.17) is 10.5 Å². The van der Waals surface area contributed by atoms with Gasteiger partial charge in [0.15, 0.2) is 0 Å². The van der Waals surface area contributed by atoms with E-state index in [1.807, 2.05) is 12.1 Å². The van der Waals surface area contributed by atoms with Crippen molar-refractivity contribution in [2.75, 3.05) is 6.61 Å². The molecular weight excluding hydrogens is 186 g/mol. The molecule has 0 radical (unpaired) electrons. The molecular formula is C13H19NO. The maximum Gasteiger partial charge on any atom is 0.119 e. The van der Waals surface area contributed by atoms with Crippen LogP contribution in [0.15, 0.2) is 24.3 Å². The summed E-state index contributed by atoms with van der Waals surface area (Å²) >= 11 is 0. The van der Waals surface area contributed by atoms with Gasteiger partial charge in [0, 0.05) is 6.04 Å². The van der Waals surface area contributed by atoms with Crippen molar-refractivity contribution in [1.29, 1.82) is 0 Å². The Bertz CT molecular complexity index is 320. The van der Waals surface area contributed by atoms with Crippen molar-refractivity contribution in [2.24, 2.45) is 11.7 Å². The van der Waals surface area contributed by atoms with Crippen molar-refractivity contribution in [1.82, 2.24) is 0 Å². The third-order valence-electron chi connectivity index (χ3n) is 2.91. The van der Waals surface area contributed by atoms with Crippen LogP contribution in [0, 0.1) is 5.92 Å². The molecule has 0 amide bonds. The number of hydrogen-bond acceptors (Lipinski definition) is 2. The highest BCUT2D eigenvalue weighted by Crippen LogP contribution is 2.30. The standard InChI is InChI=1S/C13H19NO/c1-2-13(14)11-4-3-5-12(8-11)15-9-10-6-7-10/h3-5,8,10,13H,2,6-7,9,14H2,1H3/t13-/m1/s1. The van der Waals surface area contributed by atoms with E-state index in [-0.39, 0.29) is 6.04 Å². The summed E-state index contributed by atoms with van der Waals surface area (Å²) in [5.41, 5.74) is 7.15. The van der Waals surface area contributed by atoms with E-state index in [9.17, 15) is 0 Å². The Morgan fingerprint density at radius 3 is 2.93 bits per heavy atom. The number of hydrogen-bond donors (Lipinski definition) is 1. The Kier molecular flexibility index (Phi) is 3.27. The maximum absolute atomic E-state index is 5.98. The molecule has 0 aliphatic heterocycles. The minimum absolute atomic E-state index is 0.134. The van der Waals surface area contributed by atoms with Crippen LogP contribution >= 0.6 is 0 Å². The van der Waals surface area contributed by atoms with Crippen LogP contribution in [-0.4, -0.2) is 6.61 Å². The maximum atomic E-state index is 5.98. The molecule has 0 spiro atoms. The average Bonchev–Trinajstić information content (AvgIpc) is 3.09.